The van der Waals surface area contributed by atoms with Crippen molar-refractivity contribution in [2.24, 2.45) is 5.92 Å². The average Bonchev–Trinajstić information content (AvgIpc) is 2.91. The quantitative estimate of drug-likeness (QED) is 0.852. The highest BCUT2D eigenvalue weighted by atomic mass is 79.9. The first-order chi connectivity index (χ1) is 9.56. The molecule has 2 atom stereocenters. The molecular weight excluding hydrogens is 326 g/mol. The lowest BCUT2D eigenvalue weighted by Gasteiger charge is -2.17. The van der Waals surface area contributed by atoms with Crippen LogP contribution in [0.5, 0.6) is 0 Å². The van der Waals surface area contributed by atoms with E-state index in [9.17, 15) is 14.7 Å². The number of rotatable bonds is 5. The highest BCUT2D eigenvalue weighted by Gasteiger charge is 2.28. The minimum atomic E-state index is -1.03. The third-order valence-electron chi connectivity index (χ3n) is 3.24. The van der Waals surface area contributed by atoms with Crippen molar-refractivity contribution < 1.29 is 19.4 Å². The SMILES string of the molecule is O=C(N[C@@H](Cc1cccc(Br)c1)C(=O)O)[C@H]1CCOC1. The molecule has 0 aliphatic carbocycles. The van der Waals surface area contributed by atoms with Gasteiger partial charge in [0.25, 0.3) is 0 Å². The second-order valence-corrected chi connectivity index (χ2v) is 5.71. The summed E-state index contributed by atoms with van der Waals surface area (Å²) in [5.41, 5.74) is 0.856. The molecule has 1 saturated heterocycles. The van der Waals surface area contributed by atoms with Gasteiger partial charge in [-0.25, -0.2) is 4.79 Å². The fourth-order valence-electron chi connectivity index (χ4n) is 2.13. The number of aliphatic carboxylic acids is 1. The van der Waals surface area contributed by atoms with Crippen LogP contribution in [0.2, 0.25) is 0 Å². The van der Waals surface area contributed by atoms with Gasteiger partial charge in [-0.05, 0) is 24.1 Å². The molecule has 5 nitrogen and oxygen atoms in total. The molecular formula is C14H16BrNO4. The number of amides is 1. The van der Waals surface area contributed by atoms with Gasteiger partial charge in [-0.1, -0.05) is 28.1 Å². The molecule has 108 valence electrons. The highest BCUT2D eigenvalue weighted by Crippen LogP contribution is 2.15. The number of hydrogen-bond acceptors (Lipinski definition) is 3. The van der Waals surface area contributed by atoms with E-state index in [-0.39, 0.29) is 18.2 Å². The molecule has 1 heterocycles. The molecule has 1 amide bonds. The number of hydrogen-bond donors (Lipinski definition) is 2. The Morgan fingerprint density at radius 1 is 1.50 bits per heavy atom. The summed E-state index contributed by atoms with van der Waals surface area (Å²) < 4.78 is 6.02. The zero-order valence-electron chi connectivity index (χ0n) is 10.8. The van der Waals surface area contributed by atoms with E-state index >= 15 is 0 Å². The summed E-state index contributed by atoms with van der Waals surface area (Å²) in [5.74, 6) is -1.51. The van der Waals surface area contributed by atoms with Crippen LogP contribution in [0.15, 0.2) is 28.7 Å². The molecule has 1 aromatic carbocycles. The van der Waals surface area contributed by atoms with Gasteiger partial charge in [-0.2, -0.15) is 0 Å². The zero-order valence-corrected chi connectivity index (χ0v) is 12.4. The van der Waals surface area contributed by atoms with E-state index in [0.29, 0.717) is 19.6 Å². The van der Waals surface area contributed by atoms with Crippen molar-refractivity contribution in [3.05, 3.63) is 34.3 Å². The van der Waals surface area contributed by atoms with Crippen molar-refractivity contribution >= 4 is 27.8 Å². The van der Waals surface area contributed by atoms with Gasteiger partial charge in [0.2, 0.25) is 5.91 Å². The van der Waals surface area contributed by atoms with E-state index in [1.54, 1.807) is 0 Å². The van der Waals surface area contributed by atoms with Crippen LogP contribution in [0, 0.1) is 5.92 Å². The lowest BCUT2D eigenvalue weighted by Crippen LogP contribution is -2.45. The summed E-state index contributed by atoms with van der Waals surface area (Å²) in [6.07, 6.45) is 0.906. The molecule has 1 fully saturated rings. The lowest BCUT2D eigenvalue weighted by molar-refractivity contribution is -0.142. The van der Waals surface area contributed by atoms with Crippen LogP contribution in [0.4, 0.5) is 0 Å². The number of nitrogens with one attached hydrogen (secondary N) is 1. The van der Waals surface area contributed by atoms with Gasteiger partial charge in [0.15, 0.2) is 0 Å². The van der Waals surface area contributed by atoms with Crippen molar-refractivity contribution in [2.45, 2.75) is 18.9 Å². The molecule has 0 radical (unpaired) electrons. The Hall–Kier alpha value is -1.40. The molecule has 6 heteroatoms. The molecule has 0 unspecified atom stereocenters. The molecule has 2 rings (SSSR count). The standard InChI is InChI=1S/C14H16BrNO4/c15-11-3-1-2-9(6-11)7-12(14(18)19)16-13(17)10-4-5-20-8-10/h1-3,6,10,12H,4-5,7-8H2,(H,16,17)(H,18,19)/t10-,12-/m0/s1. The van der Waals surface area contributed by atoms with Crippen LogP contribution in [0.1, 0.15) is 12.0 Å². The first-order valence-corrected chi connectivity index (χ1v) is 7.21. The molecule has 20 heavy (non-hydrogen) atoms. The predicted molar refractivity (Wildman–Crippen MR) is 76.3 cm³/mol. The molecule has 0 bridgehead atoms. The maximum absolute atomic E-state index is 12.0. The maximum atomic E-state index is 12.0. The van der Waals surface area contributed by atoms with Crippen molar-refractivity contribution in [3.63, 3.8) is 0 Å². The first-order valence-electron chi connectivity index (χ1n) is 6.41. The monoisotopic (exact) mass is 341 g/mol. The van der Waals surface area contributed by atoms with E-state index in [0.717, 1.165) is 10.0 Å². The van der Waals surface area contributed by atoms with Gasteiger partial charge in [-0.3, -0.25) is 4.79 Å². The summed E-state index contributed by atoms with van der Waals surface area (Å²) in [5, 5.41) is 11.8. The Balaban J connectivity index is 2.00. The zero-order chi connectivity index (χ0) is 14.5. The number of halogens is 1. The topological polar surface area (TPSA) is 75.6 Å². The third kappa shape index (κ3) is 4.05. The van der Waals surface area contributed by atoms with E-state index in [2.05, 4.69) is 21.2 Å². The van der Waals surface area contributed by atoms with Crippen molar-refractivity contribution in [1.29, 1.82) is 0 Å². The van der Waals surface area contributed by atoms with Gasteiger partial charge in [0.1, 0.15) is 6.04 Å². The van der Waals surface area contributed by atoms with Crippen LogP contribution in [0.25, 0.3) is 0 Å². The van der Waals surface area contributed by atoms with Crippen LogP contribution in [-0.2, 0) is 20.7 Å². The highest BCUT2D eigenvalue weighted by molar-refractivity contribution is 9.10. The largest absolute Gasteiger partial charge is 0.480 e. The average molecular weight is 342 g/mol. The molecule has 0 saturated carbocycles. The normalized spacial score (nSPS) is 19.6. The van der Waals surface area contributed by atoms with Gasteiger partial charge in [0, 0.05) is 17.5 Å². The van der Waals surface area contributed by atoms with Gasteiger partial charge in [-0.15, -0.1) is 0 Å². The number of carboxylic acids is 1. The van der Waals surface area contributed by atoms with Crippen molar-refractivity contribution in [2.75, 3.05) is 13.2 Å². The molecule has 0 aromatic heterocycles. The lowest BCUT2D eigenvalue weighted by atomic mass is 10.0. The molecule has 0 spiro atoms. The molecule has 2 N–H and O–H groups in total. The second kappa shape index (κ2) is 6.85. The Bertz CT molecular complexity index is 500. The summed E-state index contributed by atoms with van der Waals surface area (Å²) in [6, 6.07) is 6.47. The fourth-order valence-corrected chi connectivity index (χ4v) is 2.58. The van der Waals surface area contributed by atoms with E-state index < -0.39 is 12.0 Å². The van der Waals surface area contributed by atoms with Gasteiger partial charge in [0.05, 0.1) is 12.5 Å². The van der Waals surface area contributed by atoms with Gasteiger partial charge >= 0.3 is 5.97 Å². The Morgan fingerprint density at radius 3 is 2.90 bits per heavy atom. The fraction of sp³-hybridized carbons (Fsp3) is 0.429. The Labute approximate surface area is 125 Å². The van der Waals surface area contributed by atoms with Gasteiger partial charge < -0.3 is 15.2 Å². The molecule has 1 aliphatic heterocycles. The maximum Gasteiger partial charge on any atom is 0.326 e. The summed E-state index contributed by atoms with van der Waals surface area (Å²) >= 11 is 3.34. The Morgan fingerprint density at radius 2 is 2.30 bits per heavy atom. The van der Waals surface area contributed by atoms with E-state index in [1.165, 1.54) is 0 Å². The second-order valence-electron chi connectivity index (χ2n) is 4.79. The van der Waals surface area contributed by atoms with Crippen LogP contribution >= 0.6 is 15.9 Å². The van der Waals surface area contributed by atoms with E-state index in [1.807, 2.05) is 24.3 Å². The van der Waals surface area contributed by atoms with Crippen molar-refractivity contribution in [3.8, 4) is 0 Å². The van der Waals surface area contributed by atoms with Crippen LogP contribution in [-0.4, -0.2) is 36.2 Å². The summed E-state index contributed by atoms with van der Waals surface area (Å²) in [7, 11) is 0. The summed E-state index contributed by atoms with van der Waals surface area (Å²) in [6.45, 7) is 0.927. The minimum absolute atomic E-state index is 0.237. The molecule has 1 aliphatic rings. The molecule has 1 aromatic rings. The van der Waals surface area contributed by atoms with Crippen LogP contribution in [0.3, 0.4) is 0 Å². The smallest absolute Gasteiger partial charge is 0.326 e. The van der Waals surface area contributed by atoms with Crippen molar-refractivity contribution in [1.82, 2.24) is 5.32 Å². The van der Waals surface area contributed by atoms with Crippen LogP contribution < -0.4 is 5.32 Å². The first kappa shape index (κ1) is 15.0. The third-order valence-corrected chi connectivity index (χ3v) is 3.74. The Kier molecular flexibility index (Phi) is 5.14. The number of carbonyl (C=O) groups excluding carboxylic acids is 1. The minimum Gasteiger partial charge on any atom is -0.480 e. The number of ether oxygens (including phenoxy) is 1. The van der Waals surface area contributed by atoms with E-state index in [4.69, 9.17) is 4.74 Å². The number of carboxylic acid groups (broad SMARTS) is 1. The number of benzene rings is 1. The number of carbonyl (C=O) groups is 2. The summed E-state index contributed by atoms with van der Waals surface area (Å²) in [4.78, 5) is 23.2. The predicted octanol–water partition coefficient (Wildman–Crippen LogP) is 1.60.